The molecule has 24 heavy (non-hydrogen) atoms. The number of amides is 2. The van der Waals surface area contributed by atoms with Gasteiger partial charge in [0, 0.05) is 18.6 Å². The molecule has 7 nitrogen and oxygen atoms in total. The number of hydrogen-bond donors (Lipinski definition) is 1. The lowest BCUT2D eigenvalue weighted by Crippen LogP contribution is -2.30. The molecule has 0 bridgehead atoms. The SMILES string of the molecule is CCCCCC(=O)Oc1c(C(=O)O)cccc1N1C(=O)C=CC1=O. The topological polar surface area (TPSA) is 101 Å². The Balaban J connectivity index is 2.36. The van der Waals surface area contributed by atoms with E-state index >= 15 is 0 Å². The van der Waals surface area contributed by atoms with E-state index in [9.17, 15) is 24.3 Å². The Morgan fingerprint density at radius 3 is 2.38 bits per heavy atom. The fourth-order valence-corrected chi connectivity index (χ4v) is 2.30. The molecule has 1 heterocycles. The average Bonchev–Trinajstić information content (AvgIpc) is 2.86. The van der Waals surface area contributed by atoms with Gasteiger partial charge < -0.3 is 9.84 Å². The summed E-state index contributed by atoms with van der Waals surface area (Å²) >= 11 is 0. The van der Waals surface area contributed by atoms with Crippen molar-refractivity contribution in [2.75, 3.05) is 4.90 Å². The molecule has 0 aromatic heterocycles. The number of carboxylic acids is 1. The van der Waals surface area contributed by atoms with E-state index in [4.69, 9.17) is 4.74 Å². The second-order valence-electron chi connectivity index (χ2n) is 5.24. The molecular weight excluding hydrogens is 314 g/mol. The molecule has 7 heteroatoms. The van der Waals surface area contributed by atoms with Crippen LogP contribution in [0.15, 0.2) is 30.4 Å². The van der Waals surface area contributed by atoms with Crippen molar-refractivity contribution < 1.29 is 29.0 Å². The van der Waals surface area contributed by atoms with Crippen molar-refractivity contribution in [3.63, 3.8) is 0 Å². The van der Waals surface area contributed by atoms with Crippen LogP contribution in [0.3, 0.4) is 0 Å². The molecule has 2 rings (SSSR count). The third-order valence-corrected chi connectivity index (χ3v) is 3.48. The summed E-state index contributed by atoms with van der Waals surface area (Å²) in [7, 11) is 0. The zero-order valence-corrected chi connectivity index (χ0v) is 13.2. The third-order valence-electron chi connectivity index (χ3n) is 3.48. The van der Waals surface area contributed by atoms with Crippen molar-refractivity contribution in [3.8, 4) is 5.75 Å². The van der Waals surface area contributed by atoms with E-state index in [1.807, 2.05) is 6.92 Å². The molecule has 0 atom stereocenters. The molecule has 126 valence electrons. The average molecular weight is 331 g/mol. The number of unbranched alkanes of at least 4 members (excludes halogenated alkanes) is 2. The molecule has 1 aliphatic rings. The summed E-state index contributed by atoms with van der Waals surface area (Å²) in [4.78, 5) is 47.8. The monoisotopic (exact) mass is 331 g/mol. The second-order valence-corrected chi connectivity index (χ2v) is 5.24. The molecule has 0 saturated heterocycles. The van der Waals surface area contributed by atoms with Crippen LogP contribution >= 0.6 is 0 Å². The summed E-state index contributed by atoms with van der Waals surface area (Å²) in [5.41, 5.74) is -0.345. The Kier molecular flexibility index (Phi) is 5.47. The van der Waals surface area contributed by atoms with Crippen LogP contribution < -0.4 is 9.64 Å². The van der Waals surface area contributed by atoms with Gasteiger partial charge in [-0.05, 0) is 18.6 Å². The first kappa shape index (κ1) is 17.4. The number of rotatable bonds is 7. The zero-order valence-electron chi connectivity index (χ0n) is 13.2. The van der Waals surface area contributed by atoms with Gasteiger partial charge in [-0.15, -0.1) is 0 Å². The molecule has 1 N–H and O–H groups in total. The van der Waals surface area contributed by atoms with Gasteiger partial charge in [0.05, 0.1) is 5.69 Å². The van der Waals surface area contributed by atoms with Crippen molar-refractivity contribution in [1.82, 2.24) is 0 Å². The summed E-state index contributed by atoms with van der Waals surface area (Å²) in [6.45, 7) is 1.99. The first-order valence-corrected chi connectivity index (χ1v) is 7.58. The normalized spacial score (nSPS) is 13.5. The van der Waals surface area contributed by atoms with Crippen LogP contribution in [0.2, 0.25) is 0 Å². The lowest BCUT2D eigenvalue weighted by Gasteiger charge is -2.19. The quantitative estimate of drug-likeness (QED) is 0.356. The van der Waals surface area contributed by atoms with Crippen molar-refractivity contribution in [1.29, 1.82) is 0 Å². The van der Waals surface area contributed by atoms with Gasteiger partial charge in [0.2, 0.25) is 0 Å². The molecule has 0 fully saturated rings. The summed E-state index contributed by atoms with van der Waals surface area (Å²) < 4.78 is 5.20. The van der Waals surface area contributed by atoms with Gasteiger partial charge in [0.15, 0.2) is 5.75 Å². The molecule has 1 aliphatic heterocycles. The summed E-state index contributed by atoms with van der Waals surface area (Å²) in [5.74, 6) is -3.46. The molecule has 0 spiro atoms. The van der Waals surface area contributed by atoms with Crippen LogP contribution in [0.5, 0.6) is 5.75 Å². The van der Waals surface area contributed by atoms with Crippen LogP contribution in [0, 0.1) is 0 Å². The number of carbonyl (C=O) groups is 4. The minimum absolute atomic E-state index is 0.0567. The first-order chi connectivity index (χ1) is 11.5. The Morgan fingerprint density at radius 1 is 1.12 bits per heavy atom. The standard InChI is InChI=1S/C17H17NO6/c1-2-3-4-8-15(21)24-16-11(17(22)23)6-5-7-12(16)18-13(19)9-10-14(18)20/h5-7,9-10H,2-4,8H2,1H3,(H,22,23). The van der Waals surface area contributed by atoms with Gasteiger partial charge in [-0.3, -0.25) is 14.4 Å². The Labute approximate surface area is 138 Å². The molecular formula is C17H17NO6. The van der Waals surface area contributed by atoms with Crippen molar-refractivity contribution >= 4 is 29.4 Å². The van der Waals surface area contributed by atoms with Gasteiger partial charge in [0.25, 0.3) is 11.8 Å². The summed E-state index contributed by atoms with van der Waals surface area (Å²) in [6, 6.07) is 3.99. The van der Waals surface area contributed by atoms with E-state index in [1.165, 1.54) is 18.2 Å². The highest BCUT2D eigenvalue weighted by Crippen LogP contribution is 2.34. The lowest BCUT2D eigenvalue weighted by molar-refractivity contribution is -0.134. The van der Waals surface area contributed by atoms with Crippen LogP contribution in [-0.2, 0) is 14.4 Å². The number of anilines is 1. The van der Waals surface area contributed by atoms with E-state index in [1.54, 1.807) is 0 Å². The van der Waals surface area contributed by atoms with Gasteiger partial charge in [-0.1, -0.05) is 25.8 Å². The van der Waals surface area contributed by atoms with Crippen LogP contribution in [-0.4, -0.2) is 28.9 Å². The summed E-state index contributed by atoms with van der Waals surface area (Å²) in [5, 5.41) is 9.30. The number of hydrogen-bond acceptors (Lipinski definition) is 5. The molecule has 0 radical (unpaired) electrons. The Morgan fingerprint density at radius 2 is 1.79 bits per heavy atom. The van der Waals surface area contributed by atoms with Crippen LogP contribution in [0.25, 0.3) is 0 Å². The summed E-state index contributed by atoms with van der Waals surface area (Å²) in [6.07, 6.45) is 4.65. The number of carbonyl (C=O) groups excluding carboxylic acids is 3. The highest BCUT2D eigenvalue weighted by Gasteiger charge is 2.30. The molecule has 1 aromatic carbocycles. The highest BCUT2D eigenvalue weighted by molar-refractivity contribution is 6.29. The number of carboxylic acid groups (broad SMARTS) is 1. The zero-order chi connectivity index (χ0) is 17.7. The van der Waals surface area contributed by atoms with Crippen LogP contribution in [0.1, 0.15) is 43.0 Å². The molecule has 2 amide bonds. The Bertz CT molecular complexity index is 704. The maximum absolute atomic E-state index is 12.0. The molecule has 1 aromatic rings. The fourth-order valence-electron chi connectivity index (χ4n) is 2.30. The highest BCUT2D eigenvalue weighted by atomic mass is 16.5. The number of aromatic carboxylic acids is 1. The predicted molar refractivity (Wildman–Crippen MR) is 84.8 cm³/mol. The number of benzene rings is 1. The van der Waals surface area contributed by atoms with Gasteiger partial charge in [-0.2, -0.15) is 0 Å². The number of ether oxygens (including phenoxy) is 1. The number of esters is 1. The van der Waals surface area contributed by atoms with E-state index in [0.717, 1.165) is 29.9 Å². The van der Waals surface area contributed by atoms with Crippen molar-refractivity contribution in [2.45, 2.75) is 32.6 Å². The minimum Gasteiger partial charge on any atom is -0.478 e. The van der Waals surface area contributed by atoms with Crippen LogP contribution in [0.4, 0.5) is 5.69 Å². The number of para-hydroxylation sites is 1. The maximum Gasteiger partial charge on any atom is 0.339 e. The largest absolute Gasteiger partial charge is 0.478 e. The Hall–Kier alpha value is -2.96. The lowest BCUT2D eigenvalue weighted by atomic mass is 10.1. The van der Waals surface area contributed by atoms with E-state index in [2.05, 4.69) is 0 Å². The van der Waals surface area contributed by atoms with Crippen molar-refractivity contribution in [3.05, 3.63) is 35.9 Å². The number of imide groups is 1. The first-order valence-electron chi connectivity index (χ1n) is 7.58. The van der Waals surface area contributed by atoms with E-state index in [0.29, 0.717) is 6.42 Å². The maximum atomic E-state index is 12.0. The fraction of sp³-hybridized carbons (Fsp3) is 0.294. The second kappa shape index (κ2) is 7.54. The van der Waals surface area contributed by atoms with E-state index in [-0.39, 0.29) is 23.4 Å². The smallest absolute Gasteiger partial charge is 0.339 e. The third kappa shape index (κ3) is 3.68. The predicted octanol–water partition coefficient (Wildman–Crippen LogP) is 2.30. The van der Waals surface area contributed by atoms with Gasteiger partial charge >= 0.3 is 11.9 Å². The van der Waals surface area contributed by atoms with Gasteiger partial charge in [-0.25, -0.2) is 9.69 Å². The number of nitrogens with zero attached hydrogens (tertiary/aromatic N) is 1. The minimum atomic E-state index is -1.32. The van der Waals surface area contributed by atoms with Crippen molar-refractivity contribution in [2.24, 2.45) is 0 Å². The molecule has 0 aliphatic carbocycles. The van der Waals surface area contributed by atoms with Gasteiger partial charge in [0.1, 0.15) is 5.56 Å². The molecule has 0 saturated carbocycles. The van der Waals surface area contributed by atoms with E-state index < -0.39 is 23.8 Å². The molecule has 0 unspecified atom stereocenters.